The summed E-state index contributed by atoms with van der Waals surface area (Å²) in [6.07, 6.45) is 0. The molecule has 0 aliphatic rings. The molecule has 0 fully saturated rings. The van der Waals surface area contributed by atoms with Crippen LogP contribution in [0.1, 0.15) is 0 Å². The molecule has 5 nitrogen and oxygen atoms in total. The summed E-state index contributed by atoms with van der Waals surface area (Å²) in [5.74, 6) is 0. The van der Waals surface area contributed by atoms with Crippen molar-refractivity contribution in [2.75, 3.05) is 0 Å². The minimum atomic E-state index is -0.734. The van der Waals surface area contributed by atoms with Gasteiger partial charge < -0.3 is 0 Å². The largest absolute Gasteiger partial charge is 0.404 e. The molecule has 0 radical (unpaired) electrons. The molecule has 0 N–H and O–H groups in total. The number of hydrogen-bond acceptors (Lipinski definition) is 3. The molecule has 0 saturated carbocycles. The van der Waals surface area contributed by atoms with Crippen LogP contribution in [0.25, 0.3) is 0 Å². The second-order valence-corrected chi connectivity index (χ2v) is 3.35. The van der Waals surface area contributed by atoms with E-state index < -0.39 is 6.03 Å². The summed E-state index contributed by atoms with van der Waals surface area (Å²) in [5, 5.41) is 14.4. The number of benzene rings is 2. The van der Waals surface area contributed by atoms with Crippen molar-refractivity contribution in [3.63, 3.8) is 0 Å². The monoisotopic (exact) mass is 238 g/mol. The Morgan fingerprint density at radius 1 is 0.667 bits per heavy atom. The molecule has 0 aliphatic carbocycles. The van der Waals surface area contributed by atoms with Crippen LogP contribution in [-0.4, -0.2) is 6.03 Å². The Kier molecular flexibility index (Phi) is 4.02. The number of amides is 2. The van der Waals surface area contributed by atoms with Crippen molar-refractivity contribution in [2.24, 2.45) is 20.5 Å². The average molecular weight is 238 g/mol. The van der Waals surface area contributed by atoms with Crippen molar-refractivity contribution < 1.29 is 4.79 Å². The maximum Gasteiger partial charge on any atom is 0.404 e. The minimum absolute atomic E-state index is 0.598. The van der Waals surface area contributed by atoms with E-state index in [1.54, 1.807) is 24.3 Å². The highest BCUT2D eigenvalue weighted by Gasteiger charge is 1.95. The lowest BCUT2D eigenvalue weighted by Gasteiger charge is -1.89. The molecule has 18 heavy (non-hydrogen) atoms. The van der Waals surface area contributed by atoms with Gasteiger partial charge in [-0.05, 0) is 24.3 Å². The zero-order valence-electron chi connectivity index (χ0n) is 9.47. The highest BCUT2D eigenvalue weighted by atomic mass is 16.2. The zero-order chi connectivity index (χ0) is 12.6. The molecular weight excluding hydrogens is 228 g/mol. The van der Waals surface area contributed by atoms with Crippen molar-refractivity contribution >= 4 is 17.4 Å². The summed E-state index contributed by atoms with van der Waals surface area (Å²) in [6.45, 7) is 0. The van der Waals surface area contributed by atoms with E-state index in [0.29, 0.717) is 11.4 Å². The molecule has 2 aromatic carbocycles. The predicted molar refractivity (Wildman–Crippen MR) is 67.3 cm³/mol. The Morgan fingerprint density at radius 2 is 1.06 bits per heavy atom. The van der Waals surface area contributed by atoms with Gasteiger partial charge in [0.25, 0.3) is 0 Å². The molecule has 0 aliphatic heterocycles. The average Bonchev–Trinajstić information content (AvgIpc) is 2.45. The quantitative estimate of drug-likeness (QED) is 0.700. The standard InChI is InChI=1S/C13H10N4O/c18-13(16-14-11-7-3-1-4-8-11)17-15-12-9-5-2-6-10-12/h1-10H. The van der Waals surface area contributed by atoms with Crippen LogP contribution in [0.15, 0.2) is 81.1 Å². The van der Waals surface area contributed by atoms with Gasteiger partial charge in [-0.3, -0.25) is 0 Å². The van der Waals surface area contributed by atoms with Gasteiger partial charge in [0.2, 0.25) is 0 Å². The molecule has 0 spiro atoms. The molecule has 2 amide bonds. The van der Waals surface area contributed by atoms with Crippen LogP contribution in [0.2, 0.25) is 0 Å². The van der Waals surface area contributed by atoms with Crippen LogP contribution in [0.4, 0.5) is 16.2 Å². The van der Waals surface area contributed by atoms with E-state index in [2.05, 4.69) is 20.5 Å². The fourth-order valence-corrected chi connectivity index (χ4v) is 1.21. The van der Waals surface area contributed by atoms with Gasteiger partial charge in [0.15, 0.2) is 0 Å². The Bertz CT molecular complexity index is 513. The summed E-state index contributed by atoms with van der Waals surface area (Å²) in [4.78, 5) is 11.3. The van der Waals surface area contributed by atoms with Gasteiger partial charge in [0.1, 0.15) is 0 Å². The van der Waals surface area contributed by atoms with Crippen molar-refractivity contribution in [1.82, 2.24) is 0 Å². The van der Waals surface area contributed by atoms with E-state index in [9.17, 15) is 4.79 Å². The molecule has 2 aromatic rings. The lowest BCUT2D eigenvalue weighted by atomic mass is 10.3. The van der Waals surface area contributed by atoms with Crippen LogP contribution in [0.5, 0.6) is 0 Å². The van der Waals surface area contributed by atoms with Crippen LogP contribution in [-0.2, 0) is 0 Å². The fourth-order valence-electron chi connectivity index (χ4n) is 1.21. The van der Waals surface area contributed by atoms with Crippen LogP contribution in [0.3, 0.4) is 0 Å². The number of carbonyl (C=O) groups excluding carboxylic acids is 1. The summed E-state index contributed by atoms with van der Waals surface area (Å²) in [6, 6.07) is 17.2. The van der Waals surface area contributed by atoms with Crippen molar-refractivity contribution in [1.29, 1.82) is 0 Å². The molecule has 2 rings (SSSR count). The number of carbonyl (C=O) groups is 1. The predicted octanol–water partition coefficient (Wildman–Crippen LogP) is 4.67. The van der Waals surface area contributed by atoms with Crippen molar-refractivity contribution in [3.8, 4) is 0 Å². The maximum absolute atomic E-state index is 11.3. The summed E-state index contributed by atoms with van der Waals surface area (Å²) < 4.78 is 0. The zero-order valence-corrected chi connectivity index (χ0v) is 9.47. The van der Waals surface area contributed by atoms with Gasteiger partial charge in [-0.1, -0.05) is 46.6 Å². The van der Waals surface area contributed by atoms with Crippen molar-refractivity contribution in [3.05, 3.63) is 60.7 Å². The first-order valence-electron chi connectivity index (χ1n) is 5.32. The van der Waals surface area contributed by atoms with E-state index in [0.717, 1.165) is 0 Å². The molecule has 5 heteroatoms. The smallest absolute Gasteiger partial charge is 0.240 e. The van der Waals surface area contributed by atoms with Crippen LogP contribution >= 0.6 is 0 Å². The Hall–Kier alpha value is -2.69. The first kappa shape index (κ1) is 11.8. The number of rotatable bonds is 2. The van der Waals surface area contributed by atoms with Gasteiger partial charge in [0.05, 0.1) is 11.4 Å². The third kappa shape index (κ3) is 3.71. The van der Waals surface area contributed by atoms with E-state index in [-0.39, 0.29) is 0 Å². The summed E-state index contributed by atoms with van der Waals surface area (Å²) >= 11 is 0. The Balaban J connectivity index is 1.97. The van der Waals surface area contributed by atoms with Gasteiger partial charge >= 0.3 is 6.03 Å². The molecular formula is C13H10N4O. The molecule has 0 unspecified atom stereocenters. The first-order valence-corrected chi connectivity index (χ1v) is 5.32. The number of urea groups is 1. The molecule has 0 aromatic heterocycles. The van der Waals surface area contributed by atoms with E-state index in [1.807, 2.05) is 36.4 Å². The molecule has 0 atom stereocenters. The van der Waals surface area contributed by atoms with Crippen LogP contribution in [0, 0.1) is 0 Å². The highest BCUT2D eigenvalue weighted by Crippen LogP contribution is 2.12. The van der Waals surface area contributed by atoms with E-state index in [4.69, 9.17) is 0 Å². The molecule has 0 heterocycles. The van der Waals surface area contributed by atoms with Gasteiger partial charge in [-0.25, -0.2) is 4.79 Å². The molecule has 0 bridgehead atoms. The first-order chi connectivity index (χ1) is 8.84. The second kappa shape index (κ2) is 6.15. The normalized spacial score (nSPS) is 11.1. The third-order valence-electron chi connectivity index (χ3n) is 2.01. The van der Waals surface area contributed by atoms with Gasteiger partial charge in [0, 0.05) is 0 Å². The number of hydrogen-bond donors (Lipinski definition) is 0. The third-order valence-corrected chi connectivity index (χ3v) is 2.01. The summed E-state index contributed by atoms with van der Waals surface area (Å²) in [5.41, 5.74) is 1.20. The van der Waals surface area contributed by atoms with Crippen molar-refractivity contribution in [2.45, 2.75) is 0 Å². The van der Waals surface area contributed by atoms with Gasteiger partial charge in [-0.2, -0.15) is 0 Å². The maximum atomic E-state index is 11.3. The van der Waals surface area contributed by atoms with Gasteiger partial charge in [-0.15, -0.1) is 10.2 Å². The number of nitrogens with zero attached hydrogens (tertiary/aromatic N) is 4. The second-order valence-electron chi connectivity index (χ2n) is 3.35. The molecule has 88 valence electrons. The van der Waals surface area contributed by atoms with E-state index >= 15 is 0 Å². The lowest BCUT2D eigenvalue weighted by molar-refractivity contribution is 0.254. The topological polar surface area (TPSA) is 66.5 Å². The van der Waals surface area contributed by atoms with Crippen LogP contribution < -0.4 is 0 Å². The minimum Gasteiger partial charge on any atom is -0.240 e. The SMILES string of the molecule is O=C(N=Nc1ccccc1)N=Nc1ccccc1. The highest BCUT2D eigenvalue weighted by molar-refractivity contribution is 5.75. The summed E-state index contributed by atoms with van der Waals surface area (Å²) in [7, 11) is 0. The molecule has 0 saturated heterocycles. The fraction of sp³-hybridized carbons (Fsp3) is 0. The lowest BCUT2D eigenvalue weighted by Crippen LogP contribution is -1.78. The Labute approximate surface area is 104 Å². The van der Waals surface area contributed by atoms with E-state index in [1.165, 1.54) is 0 Å². The number of azo groups is 2. The Morgan fingerprint density at radius 3 is 1.44 bits per heavy atom.